The lowest BCUT2D eigenvalue weighted by Crippen LogP contribution is -2.30. The van der Waals surface area contributed by atoms with Gasteiger partial charge in [-0.25, -0.2) is 4.79 Å². The molecule has 7 heteroatoms. The zero-order chi connectivity index (χ0) is 20.6. The van der Waals surface area contributed by atoms with Crippen molar-refractivity contribution in [3.8, 4) is 5.75 Å². The minimum absolute atomic E-state index is 0.336. The van der Waals surface area contributed by atoms with E-state index in [0.717, 1.165) is 5.76 Å². The third-order valence-corrected chi connectivity index (χ3v) is 4.19. The van der Waals surface area contributed by atoms with Gasteiger partial charge in [-0.15, -0.1) is 0 Å². The first kappa shape index (κ1) is 20.0. The van der Waals surface area contributed by atoms with Crippen LogP contribution in [0.4, 0.5) is 11.4 Å². The van der Waals surface area contributed by atoms with Gasteiger partial charge in [0.15, 0.2) is 6.10 Å². The Morgan fingerprint density at radius 2 is 1.79 bits per heavy atom. The van der Waals surface area contributed by atoms with Crippen LogP contribution in [0, 0.1) is 0 Å². The number of ether oxygens (including phenoxy) is 2. The lowest BCUT2D eigenvalue weighted by molar-refractivity contribution is -0.123. The van der Waals surface area contributed by atoms with E-state index >= 15 is 0 Å². The first-order valence-corrected chi connectivity index (χ1v) is 9.08. The van der Waals surface area contributed by atoms with E-state index < -0.39 is 18.0 Å². The van der Waals surface area contributed by atoms with Gasteiger partial charge < -0.3 is 24.5 Å². The average Bonchev–Trinajstić information content (AvgIpc) is 3.26. The van der Waals surface area contributed by atoms with Crippen LogP contribution in [0.5, 0.6) is 5.75 Å². The van der Waals surface area contributed by atoms with Crippen LogP contribution >= 0.6 is 0 Å². The van der Waals surface area contributed by atoms with Crippen LogP contribution in [0.3, 0.4) is 0 Å². The molecular weight excluding hydrogens is 372 g/mol. The number of carbonyl (C=O) groups is 2. The Kier molecular flexibility index (Phi) is 6.52. The summed E-state index contributed by atoms with van der Waals surface area (Å²) in [4.78, 5) is 24.9. The van der Waals surface area contributed by atoms with E-state index in [0.29, 0.717) is 29.2 Å². The van der Waals surface area contributed by atoms with Gasteiger partial charge in [0.05, 0.1) is 25.5 Å². The highest BCUT2D eigenvalue weighted by Crippen LogP contribution is 2.19. The van der Waals surface area contributed by atoms with E-state index in [4.69, 9.17) is 13.9 Å². The summed E-state index contributed by atoms with van der Waals surface area (Å²) in [7, 11) is 1.57. The molecule has 0 fully saturated rings. The summed E-state index contributed by atoms with van der Waals surface area (Å²) < 4.78 is 15.7. The van der Waals surface area contributed by atoms with Crippen molar-refractivity contribution in [3.05, 3.63) is 78.3 Å². The number of hydrogen-bond acceptors (Lipinski definition) is 6. The summed E-state index contributed by atoms with van der Waals surface area (Å²) in [5, 5.41) is 5.85. The Labute approximate surface area is 168 Å². The Hall–Kier alpha value is -3.74. The number of furan rings is 1. The third kappa shape index (κ3) is 5.38. The van der Waals surface area contributed by atoms with Gasteiger partial charge in [-0.1, -0.05) is 12.1 Å². The number of anilines is 2. The van der Waals surface area contributed by atoms with Crippen molar-refractivity contribution in [2.75, 3.05) is 17.7 Å². The van der Waals surface area contributed by atoms with Crippen molar-refractivity contribution in [1.82, 2.24) is 0 Å². The average molecular weight is 394 g/mol. The highest BCUT2D eigenvalue weighted by atomic mass is 16.5. The quantitative estimate of drug-likeness (QED) is 0.560. The van der Waals surface area contributed by atoms with Crippen LogP contribution in [-0.4, -0.2) is 25.1 Å². The Morgan fingerprint density at radius 3 is 2.48 bits per heavy atom. The molecule has 0 bridgehead atoms. The zero-order valence-corrected chi connectivity index (χ0v) is 16.2. The Balaban J connectivity index is 1.60. The van der Waals surface area contributed by atoms with E-state index in [1.54, 1.807) is 68.0 Å². The highest BCUT2D eigenvalue weighted by molar-refractivity contribution is 5.99. The second-order valence-electron chi connectivity index (χ2n) is 6.24. The van der Waals surface area contributed by atoms with Crippen molar-refractivity contribution in [2.24, 2.45) is 0 Å². The maximum atomic E-state index is 12.6. The second kappa shape index (κ2) is 9.45. The molecule has 0 spiro atoms. The van der Waals surface area contributed by atoms with E-state index in [9.17, 15) is 9.59 Å². The molecule has 3 aromatic rings. The minimum atomic E-state index is -0.970. The maximum Gasteiger partial charge on any atom is 0.341 e. The van der Waals surface area contributed by atoms with Gasteiger partial charge in [0, 0.05) is 11.4 Å². The summed E-state index contributed by atoms with van der Waals surface area (Å²) in [5.74, 6) is 0.399. The van der Waals surface area contributed by atoms with Gasteiger partial charge in [-0.3, -0.25) is 4.79 Å². The van der Waals surface area contributed by atoms with Gasteiger partial charge >= 0.3 is 5.97 Å². The molecule has 0 aliphatic carbocycles. The molecule has 29 heavy (non-hydrogen) atoms. The Bertz CT molecular complexity index is 952. The molecule has 3 rings (SSSR count). The predicted octanol–water partition coefficient (Wildman–Crippen LogP) is 4.08. The number of benzene rings is 2. The van der Waals surface area contributed by atoms with Crippen LogP contribution in [-0.2, 0) is 16.1 Å². The van der Waals surface area contributed by atoms with Crippen LogP contribution in [0.1, 0.15) is 23.0 Å². The minimum Gasteiger partial charge on any atom is -0.497 e. The summed E-state index contributed by atoms with van der Waals surface area (Å²) in [6, 6.07) is 17.4. The predicted molar refractivity (Wildman–Crippen MR) is 109 cm³/mol. The third-order valence-electron chi connectivity index (χ3n) is 4.19. The Morgan fingerprint density at radius 1 is 1.03 bits per heavy atom. The van der Waals surface area contributed by atoms with Crippen LogP contribution in [0.25, 0.3) is 0 Å². The van der Waals surface area contributed by atoms with Crippen LogP contribution in [0.15, 0.2) is 71.3 Å². The molecule has 0 aliphatic rings. The molecule has 7 nitrogen and oxygen atoms in total. The SMILES string of the molecule is COc1ccc(NC(=O)[C@H](C)OC(=O)c2ccccc2NCc2ccco2)cc1. The molecule has 0 unspecified atom stereocenters. The smallest absolute Gasteiger partial charge is 0.341 e. The largest absolute Gasteiger partial charge is 0.497 e. The fourth-order valence-corrected chi connectivity index (χ4v) is 2.61. The van der Waals surface area contributed by atoms with Gasteiger partial charge in [0.1, 0.15) is 11.5 Å². The fourth-order valence-electron chi connectivity index (χ4n) is 2.61. The summed E-state index contributed by atoms with van der Waals surface area (Å²) in [6.45, 7) is 1.94. The number of carbonyl (C=O) groups excluding carboxylic acids is 2. The number of methoxy groups -OCH3 is 1. The van der Waals surface area contributed by atoms with Gasteiger partial charge in [0.25, 0.3) is 5.91 Å². The molecule has 1 amide bonds. The lowest BCUT2D eigenvalue weighted by Gasteiger charge is -2.15. The molecule has 2 N–H and O–H groups in total. The molecule has 0 aliphatic heterocycles. The molecule has 0 saturated carbocycles. The van der Waals surface area contributed by atoms with E-state index in [-0.39, 0.29) is 0 Å². The van der Waals surface area contributed by atoms with Crippen molar-refractivity contribution >= 4 is 23.3 Å². The second-order valence-corrected chi connectivity index (χ2v) is 6.24. The molecule has 1 heterocycles. The van der Waals surface area contributed by atoms with Crippen molar-refractivity contribution < 1.29 is 23.5 Å². The van der Waals surface area contributed by atoms with Crippen molar-refractivity contribution in [3.63, 3.8) is 0 Å². The standard InChI is InChI=1S/C22H22N2O5/c1-15(21(25)24-16-9-11-17(27-2)12-10-16)29-22(26)19-7-3-4-8-20(19)23-14-18-6-5-13-28-18/h3-13,15,23H,14H2,1-2H3,(H,24,25)/t15-/m0/s1. The van der Waals surface area contributed by atoms with Gasteiger partial charge in [-0.05, 0) is 55.5 Å². The fraction of sp³-hybridized carbons (Fsp3) is 0.182. The first-order valence-electron chi connectivity index (χ1n) is 9.08. The maximum absolute atomic E-state index is 12.6. The number of rotatable bonds is 8. The van der Waals surface area contributed by atoms with E-state index in [1.165, 1.54) is 6.92 Å². The molecule has 2 aromatic carbocycles. The van der Waals surface area contributed by atoms with Crippen LogP contribution < -0.4 is 15.4 Å². The normalized spacial score (nSPS) is 11.4. The number of esters is 1. The van der Waals surface area contributed by atoms with Crippen LogP contribution in [0.2, 0.25) is 0 Å². The van der Waals surface area contributed by atoms with E-state index in [1.807, 2.05) is 6.07 Å². The number of para-hydroxylation sites is 1. The number of nitrogens with one attached hydrogen (secondary N) is 2. The van der Waals surface area contributed by atoms with Crippen molar-refractivity contribution in [2.45, 2.75) is 19.6 Å². The van der Waals surface area contributed by atoms with Gasteiger partial charge in [0.2, 0.25) is 0 Å². The monoisotopic (exact) mass is 394 g/mol. The molecule has 150 valence electrons. The first-order chi connectivity index (χ1) is 14.1. The molecule has 0 radical (unpaired) electrons. The highest BCUT2D eigenvalue weighted by Gasteiger charge is 2.21. The summed E-state index contributed by atoms with van der Waals surface area (Å²) >= 11 is 0. The molecular formula is C22H22N2O5. The molecule has 1 aromatic heterocycles. The molecule has 0 saturated heterocycles. The van der Waals surface area contributed by atoms with Crippen molar-refractivity contribution in [1.29, 1.82) is 0 Å². The number of hydrogen-bond donors (Lipinski definition) is 2. The lowest BCUT2D eigenvalue weighted by atomic mass is 10.1. The zero-order valence-electron chi connectivity index (χ0n) is 16.2. The topological polar surface area (TPSA) is 89.8 Å². The molecule has 1 atom stereocenters. The number of amides is 1. The van der Waals surface area contributed by atoms with Gasteiger partial charge in [-0.2, -0.15) is 0 Å². The summed E-state index contributed by atoms with van der Waals surface area (Å²) in [6.07, 6.45) is 0.614. The summed E-state index contributed by atoms with van der Waals surface area (Å²) in [5.41, 5.74) is 1.51. The van der Waals surface area contributed by atoms with E-state index in [2.05, 4.69) is 10.6 Å².